The van der Waals surface area contributed by atoms with E-state index in [1.807, 2.05) is 48.2 Å². The summed E-state index contributed by atoms with van der Waals surface area (Å²) in [5.74, 6) is 1.57. The molecule has 2 heterocycles. The third-order valence-corrected chi connectivity index (χ3v) is 5.92. The van der Waals surface area contributed by atoms with Gasteiger partial charge in [0.2, 0.25) is 0 Å². The van der Waals surface area contributed by atoms with E-state index in [-0.39, 0.29) is 5.91 Å². The maximum atomic E-state index is 12.2. The fourth-order valence-electron chi connectivity index (χ4n) is 3.36. The Kier molecular flexibility index (Phi) is 5.81. The Morgan fingerprint density at radius 2 is 2.07 bits per heavy atom. The number of benzene rings is 1. The Hall–Kier alpha value is -2.54. The summed E-state index contributed by atoms with van der Waals surface area (Å²) in [5.41, 5.74) is 0.959. The summed E-state index contributed by atoms with van der Waals surface area (Å²) < 4.78 is 7.70. The van der Waals surface area contributed by atoms with Crippen molar-refractivity contribution in [2.75, 3.05) is 0 Å². The van der Waals surface area contributed by atoms with E-state index in [1.54, 1.807) is 6.20 Å². The lowest BCUT2D eigenvalue weighted by Gasteiger charge is -2.17. The van der Waals surface area contributed by atoms with E-state index in [0.29, 0.717) is 17.6 Å². The van der Waals surface area contributed by atoms with Gasteiger partial charge in [0, 0.05) is 19.4 Å². The van der Waals surface area contributed by atoms with Crippen molar-refractivity contribution in [2.24, 2.45) is 12.0 Å². The largest absolute Gasteiger partial charge is 0.486 e. The number of ether oxygens (including phenoxy) is 1. The van der Waals surface area contributed by atoms with E-state index in [4.69, 9.17) is 9.73 Å². The Morgan fingerprint density at radius 3 is 2.79 bits per heavy atom. The fourth-order valence-corrected chi connectivity index (χ4v) is 4.25. The standard InChI is InChI=1S/C21H24N4O2S/c1-25-12-11-22-19(25)14-27-17-9-7-15(8-10-17)13-18-20(26)24-21(28-18)23-16-5-3-2-4-6-16/h7-13,16H,2-6,14H2,1H3,(H,23,24,26). The first-order valence-corrected chi connectivity index (χ1v) is 10.5. The molecule has 6 nitrogen and oxygen atoms in total. The minimum Gasteiger partial charge on any atom is -0.486 e. The normalized spacial score (nSPS) is 20.7. The van der Waals surface area contributed by atoms with E-state index in [2.05, 4.69) is 10.3 Å². The maximum Gasteiger partial charge on any atom is 0.264 e. The van der Waals surface area contributed by atoms with Gasteiger partial charge in [-0.1, -0.05) is 31.4 Å². The molecule has 0 radical (unpaired) electrons. The highest BCUT2D eigenvalue weighted by atomic mass is 32.2. The molecule has 1 aliphatic carbocycles. The summed E-state index contributed by atoms with van der Waals surface area (Å²) in [4.78, 5) is 21.9. The first-order valence-electron chi connectivity index (χ1n) is 9.65. The fraction of sp³-hybridized carbons (Fsp3) is 0.381. The van der Waals surface area contributed by atoms with Crippen molar-refractivity contribution in [1.82, 2.24) is 14.9 Å². The van der Waals surface area contributed by atoms with Crippen molar-refractivity contribution >= 4 is 28.9 Å². The quantitative estimate of drug-likeness (QED) is 0.779. The van der Waals surface area contributed by atoms with E-state index in [9.17, 15) is 4.79 Å². The van der Waals surface area contributed by atoms with Crippen LogP contribution in [-0.4, -0.2) is 26.7 Å². The van der Waals surface area contributed by atoms with Gasteiger partial charge in [-0.15, -0.1) is 0 Å². The Labute approximate surface area is 169 Å². The van der Waals surface area contributed by atoms with Gasteiger partial charge in [0.25, 0.3) is 5.91 Å². The number of amides is 1. The molecule has 1 saturated carbocycles. The molecule has 146 valence electrons. The molecule has 0 unspecified atom stereocenters. The lowest BCUT2D eigenvalue weighted by molar-refractivity contribution is -0.115. The molecule has 7 heteroatoms. The second-order valence-electron chi connectivity index (χ2n) is 7.10. The van der Waals surface area contributed by atoms with E-state index < -0.39 is 0 Å². The monoisotopic (exact) mass is 396 g/mol. The van der Waals surface area contributed by atoms with Crippen LogP contribution in [0.1, 0.15) is 43.5 Å². The second-order valence-corrected chi connectivity index (χ2v) is 8.13. The van der Waals surface area contributed by atoms with Gasteiger partial charge in [0.05, 0.1) is 10.9 Å². The van der Waals surface area contributed by atoms with Crippen LogP contribution >= 0.6 is 11.8 Å². The minimum atomic E-state index is -0.0744. The van der Waals surface area contributed by atoms with Crippen LogP contribution < -0.4 is 10.1 Å². The molecular weight excluding hydrogens is 372 g/mol. The number of aliphatic imine (C=N–C) groups is 1. The molecule has 28 heavy (non-hydrogen) atoms. The van der Waals surface area contributed by atoms with Gasteiger partial charge < -0.3 is 14.6 Å². The van der Waals surface area contributed by atoms with Crippen molar-refractivity contribution in [2.45, 2.75) is 44.8 Å². The molecule has 0 bridgehead atoms. The summed E-state index contributed by atoms with van der Waals surface area (Å²) in [5, 5.41) is 3.63. The average molecular weight is 397 g/mol. The molecule has 4 rings (SSSR count). The highest BCUT2D eigenvalue weighted by Gasteiger charge is 2.25. The van der Waals surface area contributed by atoms with E-state index in [0.717, 1.165) is 35.1 Å². The number of thioether (sulfide) groups is 1. The lowest BCUT2D eigenvalue weighted by Crippen LogP contribution is -2.22. The van der Waals surface area contributed by atoms with Crippen molar-refractivity contribution in [3.05, 3.63) is 53.0 Å². The SMILES string of the molecule is Cn1ccnc1COc1ccc(C=C2SC(=NC3CCCCC3)NC2=O)cc1. The summed E-state index contributed by atoms with van der Waals surface area (Å²) >= 11 is 1.43. The number of nitrogens with one attached hydrogen (secondary N) is 1. The zero-order chi connectivity index (χ0) is 19.3. The van der Waals surface area contributed by atoms with Crippen molar-refractivity contribution in [3.63, 3.8) is 0 Å². The summed E-state index contributed by atoms with van der Waals surface area (Å²) in [7, 11) is 1.94. The van der Waals surface area contributed by atoms with Gasteiger partial charge in [-0.05, 0) is 48.4 Å². The average Bonchev–Trinajstić information content (AvgIpc) is 3.27. The van der Waals surface area contributed by atoms with Crippen molar-refractivity contribution < 1.29 is 9.53 Å². The lowest BCUT2D eigenvalue weighted by atomic mass is 9.96. The van der Waals surface area contributed by atoms with Crippen LogP contribution in [0.25, 0.3) is 6.08 Å². The number of aryl methyl sites for hydroxylation is 1. The molecule has 0 spiro atoms. The summed E-state index contributed by atoms with van der Waals surface area (Å²) in [6, 6.07) is 8.06. The van der Waals surface area contributed by atoms with Crippen LogP contribution in [0.3, 0.4) is 0 Å². The van der Waals surface area contributed by atoms with E-state index in [1.165, 1.54) is 31.0 Å². The number of nitrogens with zero attached hydrogens (tertiary/aromatic N) is 3. The second kappa shape index (κ2) is 8.65. The van der Waals surface area contributed by atoms with Gasteiger partial charge >= 0.3 is 0 Å². The van der Waals surface area contributed by atoms with Gasteiger partial charge in [-0.2, -0.15) is 0 Å². The molecule has 1 aromatic carbocycles. The van der Waals surface area contributed by atoms with Crippen LogP contribution in [0, 0.1) is 0 Å². The molecule has 1 aromatic heterocycles. The first kappa shape index (κ1) is 18.8. The molecule has 1 amide bonds. The van der Waals surface area contributed by atoms with Gasteiger partial charge in [0.15, 0.2) is 5.17 Å². The van der Waals surface area contributed by atoms with Gasteiger partial charge in [-0.3, -0.25) is 9.79 Å². The number of aromatic nitrogens is 2. The molecule has 1 saturated heterocycles. The van der Waals surface area contributed by atoms with Gasteiger partial charge in [-0.25, -0.2) is 4.98 Å². The Bertz CT molecular complexity index is 895. The topological polar surface area (TPSA) is 68.5 Å². The smallest absolute Gasteiger partial charge is 0.264 e. The third kappa shape index (κ3) is 4.65. The molecule has 1 aliphatic heterocycles. The number of amidine groups is 1. The maximum absolute atomic E-state index is 12.2. The molecular formula is C21H24N4O2S. The van der Waals surface area contributed by atoms with E-state index >= 15 is 0 Å². The zero-order valence-electron chi connectivity index (χ0n) is 15.9. The van der Waals surface area contributed by atoms with Crippen LogP contribution in [-0.2, 0) is 18.4 Å². The number of hydrogen-bond acceptors (Lipinski definition) is 5. The van der Waals surface area contributed by atoms with Crippen LogP contribution in [0.2, 0.25) is 0 Å². The zero-order valence-corrected chi connectivity index (χ0v) is 16.7. The molecule has 1 N–H and O–H groups in total. The highest BCUT2D eigenvalue weighted by molar-refractivity contribution is 8.18. The minimum absolute atomic E-state index is 0.0744. The van der Waals surface area contributed by atoms with Crippen LogP contribution in [0.4, 0.5) is 0 Å². The number of rotatable bonds is 5. The Morgan fingerprint density at radius 1 is 1.29 bits per heavy atom. The molecule has 0 atom stereocenters. The highest BCUT2D eigenvalue weighted by Crippen LogP contribution is 2.29. The summed E-state index contributed by atoms with van der Waals surface area (Å²) in [6.07, 6.45) is 11.6. The Balaban J connectivity index is 1.37. The number of imidazole rings is 1. The summed E-state index contributed by atoms with van der Waals surface area (Å²) in [6.45, 7) is 0.420. The van der Waals surface area contributed by atoms with Crippen LogP contribution in [0.5, 0.6) is 5.75 Å². The molecule has 2 aliphatic rings. The molecule has 2 aromatic rings. The number of carbonyl (C=O) groups is 1. The van der Waals surface area contributed by atoms with Crippen molar-refractivity contribution in [1.29, 1.82) is 0 Å². The predicted molar refractivity (Wildman–Crippen MR) is 112 cm³/mol. The third-order valence-electron chi connectivity index (χ3n) is 4.99. The molecule has 2 fully saturated rings. The first-order chi connectivity index (χ1) is 13.7. The number of hydrogen-bond donors (Lipinski definition) is 1. The van der Waals surface area contributed by atoms with Crippen LogP contribution in [0.15, 0.2) is 46.6 Å². The predicted octanol–water partition coefficient (Wildman–Crippen LogP) is 3.89. The van der Waals surface area contributed by atoms with Gasteiger partial charge in [0.1, 0.15) is 18.2 Å². The number of carbonyl (C=O) groups excluding carboxylic acids is 1. The van der Waals surface area contributed by atoms with Crippen molar-refractivity contribution in [3.8, 4) is 5.75 Å².